The van der Waals surface area contributed by atoms with E-state index in [9.17, 15) is 10.1 Å². The number of anilines is 1. The minimum Gasteiger partial charge on any atom is -0.366 e. The highest BCUT2D eigenvalue weighted by molar-refractivity contribution is 5.91. The van der Waals surface area contributed by atoms with Crippen molar-refractivity contribution >= 4 is 22.3 Å². The fraction of sp³-hybridized carbons (Fsp3) is 0.400. The fourth-order valence-corrected chi connectivity index (χ4v) is 4.63. The maximum absolute atomic E-state index is 11.8. The fourth-order valence-electron chi connectivity index (χ4n) is 4.63. The number of hydrogen-bond acceptors (Lipinski definition) is 6. The monoisotopic (exact) mass is 444 g/mol. The summed E-state index contributed by atoms with van der Waals surface area (Å²) in [5.74, 6) is 6.37. The molecule has 2 saturated heterocycles. The van der Waals surface area contributed by atoms with Crippen LogP contribution in [0.1, 0.15) is 29.7 Å². The lowest BCUT2D eigenvalue weighted by Crippen LogP contribution is -2.43. The Bertz CT molecular complexity index is 1230. The van der Waals surface area contributed by atoms with Gasteiger partial charge in [0, 0.05) is 62.8 Å². The molecule has 0 atom stereocenters. The van der Waals surface area contributed by atoms with Crippen LogP contribution < -0.4 is 4.90 Å². The molecule has 0 aliphatic carbocycles. The molecule has 33 heavy (non-hydrogen) atoms. The van der Waals surface area contributed by atoms with Gasteiger partial charge in [-0.2, -0.15) is 5.10 Å². The van der Waals surface area contributed by atoms with Crippen molar-refractivity contribution in [1.29, 1.82) is 0 Å². The number of aromatic nitrogens is 2. The zero-order chi connectivity index (χ0) is 22.8. The van der Waals surface area contributed by atoms with Crippen LogP contribution in [0.2, 0.25) is 0 Å². The number of aromatic amines is 1. The molecule has 1 aromatic heterocycles. The molecule has 2 aliphatic heterocycles. The Morgan fingerprint density at radius 1 is 1.06 bits per heavy atom. The van der Waals surface area contributed by atoms with Crippen molar-refractivity contribution in [3.63, 3.8) is 0 Å². The summed E-state index contributed by atoms with van der Waals surface area (Å²) in [6, 6.07) is 11.7. The van der Waals surface area contributed by atoms with Gasteiger partial charge in [0.25, 0.3) is 5.69 Å². The molecular formula is C25H28N6O2. The van der Waals surface area contributed by atoms with Crippen molar-refractivity contribution in [3.05, 3.63) is 63.3 Å². The largest absolute Gasteiger partial charge is 0.366 e. The number of H-pyrrole nitrogens is 1. The Hall–Kier alpha value is -3.41. The van der Waals surface area contributed by atoms with E-state index < -0.39 is 0 Å². The second kappa shape index (κ2) is 9.22. The van der Waals surface area contributed by atoms with E-state index in [1.54, 1.807) is 6.07 Å². The van der Waals surface area contributed by atoms with Crippen LogP contribution in [0.5, 0.6) is 0 Å². The molecule has 8 nitrogen and oxygen atoms in total. The quantitative estimate of drug-likeness (QED) is 0.378. The van der Waals surface area contributed by atoms with E-state index in [-0.39, 0.29) is 10.6 Å². The zero-order valence-corrected chi connectivity index (χ0v) is 18.9. The van der Waals surface area contributed by atoms with Crippen molar-refractivity contribution < 1.29 is 4.92 Å². The topological polar surface area (TPSA) is 81.5 Å². The van der Waals surface area contributed by atoms with Crippen molar-refractivity contribution in [1.82, 2.24) is 20.0 Å². The molecule has 2 aliphatic rings. The summed E-state index contributed by atoms with van der Waals surface area (Å²) in [5.41, 5.74) is 4.23. The number of nitro benzene ring substituents is 1. The third-order valence-electron chi connectivity index (χ3n) is 6.55. The average Bonchev–Trinajstić information content (AvgIpc) is 3.48. The first-order valence-electron chi connectivity index (χ1n) is 11.5. The van der Waals surface area contributed by atoms with Gasteiger partial charge in [-0.25, -0.2) is 0 Å². The van der Waals surface area contributed by atoms with Crippen LogP contribution in [0, 0.1) is 22.0 Å². The maximum Gasteiger partial charge on any atom is 0.293 e. The second-order valence-corrected chi connectivity index (χ2v) is 8.94. The van der Waals surface area contributed by atoms with Crippen LogP contribution in [0.15, 0.2) is 36.4 Å². The molecule has 3 heterocycles. The molecule has 1 N–H and O–H groups in total. The van der Waals surface area contributed by atoms with E-state index in [0.29, 0.717) is 22.3 Å². The van der Waals surface area contributed by atoms with E-state index in [2.05, 4.69) is 55.9 Å². The molecule has 0 saturated carbocycles. The van der Waals surface area contributed by atoms with E-state index in [1.165, 1.54) is 5.56 Å². The summed E-state index contributed by atoms with van der Waals surface area (Å²) in [6.45, 7) is 6.94. The standard InChI is InChI=1S/C25H28N6O2/c1-28-11-13-29(14-12-28)18-20-6-4-5-19(15-20)7-8-22-21-16-25(31(32)33)24(17-23(21)27-26-22)30-9-2-3-10-30/h4-6,15-17H,2-3,9-14,18H2,1H3,(H,26,27). The van der Waals surface area contributed by atoms with Gasteiger partial charge in [0.05, 0.1) is 10.4 Å². The number of fused-ring (bicyclic) bond motifs is 1. The van der Waals surface area contributed by atoms with E-state index in [4.69, 9.17) is 0 Å². The molecule has 3 aromatic rings. The molecule has 2 aromatic carbocycles. The number of nitrogens with zero attached hydrogens (tertiary/aromatic N) is 5. The van der Waals surface area contributed by atoms with Crippen molar-refractivity contribution in [2.75, 3.05) is 51.2 Å². The van der Waals surface area contributed by atoms with Gasteiger partial charge in [-0.05, 0) is 49.6 Å². The summed E-state index contributed by atoms with van der Waals surface area (Å²) < 4.78 is 0. The minimum atomic E-state index is -0.306. The lowest BCUT2D eigenvalue weighted by molar-refractivity contribution is -0.384. The lowest BCUT2D eigenvalue weighted by Gasteiger charge is -2.32. The first-order chi connectivity index (χ1) is 16.1. The van der Waals surface area contributed by atoms with Gasteiger partial charge in [0.15, 0.2) is 0 Å². The normalized spacial score (nSPS) is 17.3. The molecule has 5 rings (SSSR count). The maximum atomic E-state index is 11.8. The second-order valence-electron chi connectivity index (χ2n) is 8.94. The number of hydrogen-bond donors (Lipinski definition) is 1. The van der Waals surface area contributed by atoms with Crippen LogP contribution in [0.25, 0.3) is 10.9 Å². The molecule has 8 heteroatoms. The van der Waals surface area contributed by atoms with Gasteiger partial charge in [-0.1, -0.05) is 18.1 Å². The molecule has 0 unspecified atom stereocenters. The van der Waals surface area contributed by atoms with Crippen molar-refractivity contribution in [3.8, 4) is 11.8 Å². The van der Waals surface area contributed by atoms with Gasteiger partial charge in [-0.15, -0.1) is 0 Å². The Morgan fingerprint density at radius 3 is 2.61 bits per heavy atom. The van der Waals surface area contributed by atoms with Crippen LogP contribution in [-0.2, 0) is 6.54 Å². The summed E-state index contributed by atoms with van der Waals surface area (Å²) >= 11 is 0. The number of rotatable bonds is 4. The highest BCUT2D eigenvalue weighted by atomic mass is 16.6. The minimum absolute atomic E-state index is 0.114. The predicted molar refractivity (Wildman–Crippen MR) is 129 cm³/mol. The molecule has 170 valence electrons. The van der Waals surface area contributed by atoms with Gasteiger partial charge in [0.1, 0.15) is 11.4 Å². The molecular weight excluding hydrogens is 416 g/mol. The van der Waals surface area contributed by atoms with E-state index in [0.717, 1.165) is 64.2 Å². The Labute approximate surface area is 193 Å². The number of nitrogens with one attached hydrogen (secondary N) is 1. The van der Waals surface area contributed by atoms with Gasteiger partial charge in [-0.3, -0.25) is 20.1 Å². The van der Waals surface area contributed by atoms with E-state index in [1.807, 2.05) is 18.2 Å². The summed E-state index contributed by atoms with van der Waals surface area (Å²) in [6.07, 6.45) is 2.11. The Morgan fingerprint density at radius 2 is 1.85 bits per heavy atom. The van der Waals surface area contributed by atoms with Gasteiger partial charge in [0.2, 0.25) is 0 Å². The highest BCUT2D eigenvalue weighted by Gasteiger charge is 2.24. The van der Waals surface area contributed by atoms with Crippen LogP contribution in [-0.4, -0.2) is 71.2 Å². The molecule has 0 radical (unpaired) electrons. The Kier molecular flexibility index (Phi) is 5.99. The van der Waals surface area contributed by atoms with Crippen LogP contribution >= 0.6 is 0 Å². The first-order valence-corrected chi connectivity index (χ1v) is 11.5. The number of piperazine rings is 1. The highest BCUT2D eigenvalue weighted by Crippen LogP contribution is 2.35. The third-order valence-corrected chi connectivity index (χ3v) is 6.55. The van der Waals surface area contributed by atoms with Crippen molar-refractivity contribution in [2.45, 2.75) is 19.4 Å². The first kappa shape index (κ1) is 21.4. The molecule has 2 fully saturated rings. The third kappa shape index (κ3) is 4.70. The number of nitro groups is 1. The van der Waals surface area contributed by atoms with Crippen molar-refractivity contribution in [2.24, 2.45) is 0 Å². The van der Waals surface area contributed by atoms with Crippen LogP contribution in [0.3, 0.4) is 0 Å². The lowest BCUT2D eigenvalue weighted by atomic mass is 10.1. The summed E-state index contributed by atoms with van der Waals surface area (Å²) in [7, 11) is 2.16. The molecule has 0 spiro atoms. The molecule has 0 bridgehead atoms. The Balaban J connectivity index is 1.39. The summed E-state index contributed by atoms with van der Waals surface area (Å²) in [4.78, 5) is 18.3. The molecule has 0 amide bonds. The number of likely N-dealkylation sites (N-methyl/N-ethyl adjacent to an activating group) is 1. The van der Waals surface area contributed by atoms with Gasteiger partial charge >= 0.3 is 0 Å². The SMILES string of the molecule is CN1CCN(Cc2cccc(C#Cc3[nH]nc4cc(N5CCCC5)c([N+](=O)[O-])cc34)c2)CC1. The van der Waals surface area contributed by atoms with E-state index >= 15 is 0 Å². The van der Waals surface area contributed by atoms with Crippen LogP contribution in [0.4, 0.5) is 11.4 Å². The van der Waals surface area contributed by atoms with Gasteiger partial charge < -0.3 is 9.80 Å². The smallest absolute Gasteiger partial charge is 0.293 e. The average molecular weight is 445 g/mol. The summed E-state index contributed by atoms with van der Waals surface area (Å²) in [5, 5.41) is 19.8. The predicted octanol–water partition coefficient (Wildman–Crippen LogP) is 3.22. The number of benzene rings is 2. The zero-order valence-electron chi connectivity index (χ0n) is 18.9.